The molecular formula is C25H24ClF2N5O4S2. The van der Waals surface area contributed by atoms with Gasteiger partial charge in [0.15, 0.2) is 5.82 Å². The number of methoxy groups -OCH3 is 1. The van der Waals surface area contributed by atoms with Gasteiger partial charge >= 0.3 is 0 Å². The highest BCUT2D eigenvalue weighted by atomic mass is 35.5. The first-order chi connectivity index (χ1) is 18.5. The minimum absolute atomic E-state index is 0.0413. The maximum atomic E-state index is 14.0. The predicted molar refractivity (Wildman–Crippen MR) is 145 cm³/mol. The third kappa shape index (κ3) is 5.71. The van der Waals surface area contributed by atoms with E-state index in [9.17, 15) is 22.0 Å². The standard InChI is InChI=1S/C25H24ClF2N5O4S2/c1-37-19-7-3-6-17-22(19)24(31-39(35,36)21-9-8-20(26)38-21)30-33(17)13-16-5-2-4-15(10-16)12-32-14-25(27,28)11-18(32)23(29)34/h2-10,18H,11-14H2,1H3,(H2,29,34)(H,30,31)/t18-/m1/s1. The van der Waals surface area contributed by atoms with Crippen LogP contribution < -0.4 is 15.2 Å². The number of sulfonamides is 1. The smallest absolute Gasteiger partial charge is 0.272 e. The SMILES string of the molecule is COc1cccc2c1c(NS(=O)(=O)c1ccc(Cl)s1)nn2Cc1cccc(CN2CC(F)(F)C[C@@H]2C(N)=O)c1. The molecule has 1 saturated heterocycles. The molecule has 1 amide bonds. The molecule has 0 unspecified atom stereocenters. The van der Waals surface area contributed by atoms with Crippen LogP contribution in [0, 0.1) is 0 Å². The molecule has 2 aromatic heterocycles. The number of aromatic nitrogens is 2. The van der Waals surface area contributed by atoms with Gasteiger partial charge in [-0.1, -0.05) is 41.9 Å². The summed E-state index contributed by atoms with van der Waals surface area (Å²) in [7, 11) is -2.48. The first-order valence-corrected chi connectivity index (χ1v) is 14.4. The molecule has 9 nitrogen and oxygen atoms in total. The summed E-state index contributed by atoms with van der Waals surface area (Å²) in [6, 6.07) is 14.4. The van der Waals surface area contributed by atoms with Gasteiger partial charge in [0.25, 0.3) is 15.9 Å². The molecule has 1 aliphatic heterocycles. The number of benzene rings is 2. The maximum absolute atomic E-state index is 14.0. The summed E-state index contributed by atoms with van der Waals surface area (Å²) < 4.78 is 64.0. The summed E-state index contributed by atoms with van der Waals surface area (Å²) in [6.45, 7) is -0.175. The van der Waals surface area contributed by atoms with E-state index in [1.165, 1.54) is 24.1 Å². The number of fused-ring (bicyclic) bond motifs is 1. The van der Waals surface area contributed by atoms with E-state index >= 15 is 0 Å². The molecule has 5 rings (SSSR count). The zero-order valence-corrected chi connectivity index (χ0v) is 23.0. The fraction of sp³-hybridized carbons (Fsp3) is 0.280. The van der Waals surface area contributed by atoms with Crippen LogP contribution in [0.15, 0.2) is 58.8 Å². The van der Waals surface area contributed by atoms with Crippen LogP contribution >= 0.6 is 22.9 Å². The zero-order chi connectivity index (χ0) is 27.9. The van der Waals surface area contributed by atoms with Gasteiger partial charge in [0, 0.05) is 13.0 Å². The quantitative estimate of drug-likeness (QED) is 0.298. The summed E-state index contributed by atoms with van der Waals surface area (Å²) in [5.74, 6) is -3.24. The Balaban J connectivity index is 1.45. The van der Waals surface area contributed by atoms with E-state index in [0.29, 0.717) is 21.0 Å². The number of hydrogen-bond donors (Lipinski definition) is 2. The number of ether oxygens (including phenoxy) is 1. The maximum Gasteiger partial charge on any atom is 0.272 e. The lowest BCUT2D eigenvalue weighted by Crippen LogP contribution is -2.39. The topological polar surface area (TPSA) is 120 Å². The van der Waals surface area contributed by atoms with Gasteiger partial charge in [-0.05, 0) is 35.4 Å². The van der Waals surface area contributed by atoms with Crippen LogP contribution in [-0.2, 0) is 27.9 Å². The van der Waals surface area contributed by atoms with Gasteiger partial charge in [-0.3, -0.25) is 19.1 Å². The Hall–Kier alpha value is -3.26. The van der Waals surface area contributed by atoms with Gasteiger partial charge in [-0.15, -0.1) is 11.3 Å². The second kappa shape index (κ2) is 10.4. The van der Waals surface area contributed by atoms with Gasteiger partial charge in [0.05, 0.1) is 41.5 Å². The monoisotopic (exact) mass is 595 g/mol. The molecule has 0 bridgehead atoms. The van der Waals surface area contributed by atoms with Crippen molar-refractivity contribution in [2.45, 2.75) is 35.7 Å². The molecule has 3 N–H and O–H groups in total. The van der Waals surface area contributed by atoms with Crippen LogP contribution in [-0.4, -0.2) is 54.6 Å². The summed E-state index contributed by atoms with van der Waals surface area (Å²) in [5.41, 5.74) is 7.50. The van der Waals surface area contributed by atoms with E-state index in [4.69, 9.17) is 22.1 Å². The average molecular weight is 596 g/mol. The fourth-order valence-corrected chi connectivity index (χ4v) is 7.24. The Labute approximate surface area is 232 Å². The molecule has 0 aliphatic carbocycles. The van der Waals surface area contributed by atoms with Crippen molar-refractivity contribution >= 4 is 55.6 Å². The number of nitrogens with one attached hydrogen (secondary N) is 1. The molecule has 39 heavy (non-hydrogen) atoms. The van der Waals surface area contributed by atoms with Gasteiger partial charge in [-0.25, -0.2) is 17.2 Å². The highest BCUT2D eigenvalue weighted by Crippen LogP contribution is 2.36. The van der Waals surface area contributed by atoms with Gasteiger partial charge < -0.3 is 10.5 Å². The number of nitrogens with zero attached hydrogens (tertiary/aromatic N) is 3. The van der Waals surface area contributed by atoms with Crippen LogP contribution in [0.25, 0.3) is 10.9 Å². The van der Waals surface area contributed by atoms with E-state index in [1.54, 1.807) is 35.0 Å². The Bertz CT molecular complexity index is 1660. The molecule has 0 saturated carbocycles. The number of alkyl halides is 2. The minimum atomic E-state index is -3.96. The van der Waals surface area contributed by atoms with E-state index in [2.05, 4.69) is 9.82 Å². The number of amides is 1. The van der Waals surface area contributed by atoms with Crippen LogP contribution in [0.3, 0.4) is 0 Å². The second-order valence-corrected chi connectivity index (χ2v) is 12.9. The molecule has 2 aromatic carbocycles. The fourth-order valence-electron chi connectivity index (χ4n) is 4.74. The number of carbonyl (C=O) groups excluding carboxylic acids is 1. The van der Waals surface area contributed by atoms with Crippen molar-refractivity contribution in [3.63, 3.8) is 0 Å². The normalized spacial score (nSPS) is 17.5. The molecule has 1 aliphatic rings. The molecule has 1 atom stereocenters. The molecule has 0 spiro atoms. The molecule has 206 valence electrons. The second-order valence-electron chi connectivity index (χ2n) is 9.23. The Morgan fingerprint density at radius 1 is 1.21 bits per heavy atom. The molecule has 1 fully saturated rings. The van der Waals surface area contributed by atoms with E-state index in [-0.39, 0.29) is 23.1 Å². The van der Waals surface area contributed by atoms with E-state index in [0.717, 1.165) is 22.5 Å². The summed E-state index contributed by atoms with van der Waals surface area (Å²) in [6.07, 6.45) is -0.598. The van der Waals surface area contributed by atoms with Crippen molar-refractivity contribution in [3.8, 4) is 5.75 Å². The highest BCUT2D eigenvalue weighted by Gasteiger charge is 2.47. The number of nitrogens with two attached hydrogens (primary N) is 1. The van der Waals surface area contributed by atoms with Gasteiger partial charge in [0.2, 0.25) is 5.91 Å². The number of likely N-dealkylation sites (tertiary alicyclic amines) is 1. The summed E-state index contributed by atoms with van der Waals surface area (Å²) in [5, 5.41) is 5.02. The number of hydrogen-bond acceptors (Lipinski definition) is 7. The number of anilines is 1. The predicted octanol–water partition coefficient (Wildman–Crippen LogP) is 4.30. The van der Waals surface area contributed by atoms with Crippen molar-refractivity contribution < 1.29 is 26.7 Å². The van der Waals surface area contributed by atoms with Gasteiger partial charge in [-0.2, -0.15) is 5.10 Å². The average Bonchev–Trinajstić information content (AvgIpc) is 3.55. The van der Waals surface area contributed by atoms with Crippen molar-refractivity contribution in [3.05, 3.63) is 70.1 Å². The van der Waals surface area contributed by atoms with E-state index in [1.807, 2.05) is 12.1 Å². The van der Waals surface area contributed by atoms with E-state index < -0.39 is 40.9 Å². The number of primary amides is 1. The van der Waals surface area contributed by atoms with Crippen molar-refractivity contribution in [2.24, 2.45) is 5.73 Å². The number of halogens is 3. The summed E-state index contributed by atoms with van der Waals surface area (Å²) >= 11 is 6.86. The van der Waals surface area contributed by atoms with Crippen LogP contribution in [0.5, 0.6) is 5.75 Å². The number of carbonyl (C=O) groups is 1. The number of rotatable bonds is 9. The Kier molecular flexibility index (Phi) is 7.27. The largest absolute Gasteiger partial charge is 0.496 e. The first-order valence-electron chi connectivity index (χ1n) is 11.8. The Morgan fingerprint density at radius 2 is 1.92 bits per heavy atom. The van der Waals surface area contributed by atoms with Crippen LogP contribution in [0.4, 0.5) is 14.6 Å². The lowest BCUT2D eigenvalue weighted by molar-refractivity contribution is -0.122. The zero-order valence-electron chi connectivity index (χ0n) is 20.6. The van der Waals surface area contributed by atoms with Crippen molar-refractivity contribution in [1.29, 1.82) is 0 Å². The lowest BCUT2D eigenvalue weighted by Gasteiger charge is -2.21. The molecule has 0 radical (unpaired) electrons. The lowest BCUT2D eigenvalue weighted by atomic mass is 10.1. The van der Waals surface area contributed by atoms with Crippen molar-refractivity contribution in [1.82, 2.24) is 14.7 Å². The molecule has 3 heterocycles. The summed E-state index contributed by atoms with van der Waals surface area (Å²) in [4.78, 5) is 13.1. The highest BCUT2D eigenvalue weighted by molar-refractivity contribution is 7.94. The molecular weight excluding hydrogens is 572 g/mol. The van der Waals surface area contributed by atoms with Crippen molar-refractivity contribution in [2.75, 3.05) is 18.4 Å². The number of thiophene rings is 1. The van der Waals surface area contributed by atoms with Crippen LogP contribution in [0.1, 0.15) is 17.5 Å². The third-order valence-electron chi connectivity index (χ3n) is 6.41. The third-order valence-corrected chi connectivity index (χ3v) is 9.47. The minimum Gasteiger partial charge on any atom is -0.496 e. The first kappa shape index (κ1) is 27.3. The molecule has 14 heteroatoms. The van der Waals surface area contributed by atoms with Crippen LogP contribution in [0.2, 0.25) is 4.34 Å². The Morgan fingerprint density at radius 3 is 2.59 bits per heavy atom. The van der Waals surface area contributed by atoms with Gasteiger partial charge in [0.1, 0.15) is 9.96 Å². The molecule has 4 aromatic rings.